The molecule has 2 amide bonds. The first-order valence-electron chi connectivity index (χ1n) is 21.3. The van der Waals surface area contributed by atoms with Crippen molar-refractivity contribution in [1.82, 2.24) is 0 Å². The maximum absolute atomic E-state index is 12.4. The molecular weight excluding hydrogens is 588 g/mol. The van der Waals surface area contributed by atoms with Crippen LogP contribution in [0.3, 0.4) is 0 Å². The fourth-order valence-corrected chi connectivity index (χ4v) is 7.43. The van der Waals surface area contributed by atoms with Crippen LogP contribution in [0.25, 0.3) is 0 Å². The molecule has 0 aromatic heterocycles. The largest absolute Gasteiger partial charge is 0.366 e. The molecule has 1 aromatic carbocycles. The molecule has 0 aliphatic heterocycles. The standard InChI is InChI=1S/C44H80N2O2/c1-3-5-7-9-11-13-15-17-19-21-23-25-27-29-31-33-35-39-40(42(44(46)48)38-37-41(39)43(45)47)36-34-32-30-28-26-24-22-20-18-16-14-12-10-8-6-4-2/h37-38H,3-36H2,1-2H3,(H2,45,47)(H2,46,48). The van der Waals surface area contributed by atoms with Crippen molar-refractivity contribution in [3.63, 3.8) is 0 Å². The summed E-state index contributed by atoms with van der Waals surface area (Å²) in [6.07, 6.45) is 44.3. The Hall–Kier alpha value is -1.84. The second-order valence-electron chi connectivity index (χ2n) is 15.0. The van der Waals surface area contributed by atoms with E-state index in [0.29, 0.717) is 11.1 Å². The fourth-order valence-electron chi connectivity index (χ4n) is 7.43. The predicted octanol–water partition coefficient (Wildman–Crippen LogP) is 13.5. The lowest BCUT2D eigenvalue weighted by atomic mass is 9.88. The Labute approximate surface area is 298 Å². The van der Waals surface area contributed by atoms with Crippen molar-refractivity contribution < 1.29 is 9.59 Å². The van der Waals surface area contributed by atoms with Crippen molar-refractivity contribution in [1.29, 1.82) is 0 Å². The van der Waals surface area contributed by atoms with Crippen LogP contribution in [-0.4, -0.2) is 11.8 Å². The molecule has 0 heterocycles. The molecule has 0 radical (unpaired) electrons. The van der Waals surface area contributed by atoms with Crippen molar-refractivity contribution in [2.24, 2.45) is 11.5 Å². The van der Waals surface area contributed by atoms with Gasteiger partial charge in [0.15, 0.2) is 0 Å². The van der Waals surface area contributed by atoms with Gasteiger partial charge in [-0.15, -0.1) is 0 Å². The normalized spacial score (nSPS) is 11.4. The summed E-state index contributed by atoms with van der Waals surface area (Å²) in [7, 11) is 0. The zero-order valence-corrected chi connectivity index (χ0v) is 32.2. The van der Waals surface area contributed by atoms with Gasteiger partial charge in [-0.3, -0.25) is 9.59 Å². The average molecular weight is 669 g/mol. The smallest absolute Gasteiger partial charge is 0.248 e. The van der Waals surface area contributed by atoms with Crippen LogP contribution >= 0.6 is 0 Å². The second kappa shape index (κ2) is 32.4. The molecule has 4 nitrogen and oxygen atoms in total. The molecule has 4 heteroatoms. The molecule has 0 spiro atoms. The lowest BCUT2D eigenvalue weighted by Crippen LogP contribution is -2.20. The Morgan fingerprint density at radius 3 is 0.729 bits per heavy atom. The fraction of sp³-hybridized carbons (Fsp3) is 0.818. The summed E-state index contributed by atoms with van der Waals surface area (Å²) in [5.74, 6) is -0.795. The van der Waals surface area contributed by atoms with Crippen LogP contribution in [0.1, 0.15) is 251 Å². The van der Waals surface area contributed by atoms with Gasteiger partial charge in [0, 0.05) is 11.1 Å². The Bertz CT molecular complexity index is 838. The molecule has 48 heavy (non-hydrogen) atoms. The minimum absolute atomic E-state index is 0.397. The highest BCUT2D eigenvalue weighted by Crippen LogP contribution is 2.25. The van der Waals surface area contributed by atoms with Gasteiger partial charge in [0.05, 0.1) is 0 Å². The van der Waals surface area contributed by atoms with Gasteiger partial charge in [0.25, 0.3) is 0 Å². The van der Waals surface area contributed by atoms with Crippen LogP contribution in [0.15, 0.2) is 12.1 Å². The molecule has 0 aliphatic carbocycles. The number of hydrogen-bond acceptors (Lipinski definition) is 2. The zero-order valence-electron chi connectivity index (χ0n) is 32.2. The Kier molecular flexibility index (Phi) is 29.8. The van der Waals surface area contributed by atoms with Gasteiger partial charge in [-0.05, 0) is 48.9 Å². The van der Waals surface area contributed by atoms with Crippen molar-refractivity contribution >= 4 is 11.8 Å². The number of carbonyl (C=O) groups excluding carboxylic acids is 2. The van der Waals surface area contributed by atoms with Gasteiger partial charge in [0.1, 0.15) is 0 Å². The number of hydrogen-bond donors (Lipinski definition) is 2. The van der Waals surface area contributed by atoms with E-state index in [0.717, 1.165) is 49.7 Å². The number of unbranched alkanes of at least 4 members (excludes halogenated alkanes) is 30. The molecule has 0 fully saturated rings. The van der Waals surface area contributed by atoms with E-state index in [4.69, 9.17) is 11.5 Å². The highest BCUT2D eigenvalue weighted by molar-refractivity contribution is 5.99. The zero-order chi connectivity index (χ0) is 34.9. The molecule has 0 aliphatic rings. The van der Waals surface area contributed by atoms with Crippen molar-refractivity contribution in [2.45, 2.75) is 232 Å². The molecule has 1 aromatic rings. The lowest BCUT2D eigenvalue weighted by Gasteiger charge is -2.17. The quantitative estimate of drug-likeness (QED) is 0.0697. The van der Waals surface area contributed by atoms with Crippen LogP contribution < -0.4 is 11.5 Å². The number of rotatable bonds is 36. The first-order chi connectivity index (χ1) is 23.5. The number of amides is 2. The third kappa shape index (κ3) is 23.5. The topological polar surface area (TPSA) is 86.2 Å². The van der Waals surface area contributed by atoms with E-state index in [2.05, 4.69) is 13.8 Å². The van der Waals surface area contributed by atoms with E-state index in [-0.39, 0.29) is 0 Å². The van der Waals surface area contributed by atoms with E-state index in [1.165, 1.54) is 180 Å². The maximum atomic E-state index is 12.4. The summed E-state index contributed by atoms with van der Waals surface area (Å²) >= 11 is 0. The highest BCUT2D eigenvalue weighted by Gasteiger charge is 2.18. The van der Waals surface area contributed by atoms with Crippen molar-refractivity contribution in [3.8, 4) is 0 Å². The maximum Gasteiger partial charge on any atom is 0.248 e. The molecule has 0 saturated heterocycles. The molecule has 0 atom stereocenters. The molecule has 0 unspecified atom stereocenters. The van der Waals surface area contributed by atoms with Crippen LogP contribution in [0.4, 0.5) is 0 Å². The summed E-state index contributed by atoms with van der Waals surface area (Å²) in [5.41, 5.74) is 14.7. The minimum Gasteiger partial charge on any atom is -0.366 e. The first kappa shape index (κ1) is 44.2. The van der Waals surface area contributed by atoms with Crippen LogP contribution in [-0.2, 0) is 12.8 Å². The Balaban J connectivity index is 2.27. The van der Waals surface area contributed by atoms with Gasteiger partial charge in [-0.1, -0.05) is 206 Å². The van der Waals surface area contributed by atoms with Crippen molar-refractivity contribution in [2.75, 3.05) is 0 Å². The third-order valence-electron chi connectivity index (χ3n) is 10.5. The molecule has 0 saturated carbocycles. The van der Waals surface area contributed by atoms with E-state index in [1.54, 1.807) is 12.1 Å². The van der Waals surface area contributed by atoms with Crippen LogP contribution in [0.5, 0.6) is 0 Å². The van der Waals surface area contributed by atoms with Gasteiger partial charge in [-0.2, -0.15) is 0 Å². The summed E-state index contributed by atoms with van der Waals surface area (Å²) in [4.78, 5) is 24.7. The molecule has 0 bridgehead atoms. The van der Waals surface area contributed by atoms with Crippen LogP contribution in [0.2, 0.25) is 0 Å². The minimum atomic E-state index is -0.397. The summed E-state index contributed by atoms with van der Waals surface area (Å²) in [6.45, 7) is 4.57. The molecular formula is C44H80N2O2. The average Bonchev–Trinajstić information content (AvgIpc) is 3.07. The SMILES string of the molecule is CCCCCCCCCCCCCCCCCCc1c(C(N)=O)ccc(C(N)=O)c1CCCCCCCCCCCCCCCCCC. The van der Waals surface area contributed by atoms with E-state index < -0.39 is 11.8 Å². The van der Waals surface area contributed by atoms with Crippen LogP contribution in [0, 0.1) is 0 Å². The molecule has 4 N–H and O–H groups in total. The van der Waals surface area contributed by atoms with E-state index in [9.17, 15) is 9.59 Å². The van der Waals surface area contributed by atoms with Gasteiger partial charge in [-0.25, -0.2) is 0 Å². The second-order valence-corrected chi connectivity index (χ2v) is 15.0. The monoisotopic (exact) mass is 669 g/mol. The summed E-state index contributed by atoms with van der Waals surface area (Å²) < 4.78 is 0. The first-order valence-corrected chi connectivity index (χ1v) is 21.3. The van der Waals surface area contributed by atoms with Gasteiger partial charge in [0.2, 0.25) is 11.8 Å². The van der Waals surface area contributed by atoms with Gasteiger partial charge >= 0.3 is 0 Å². The van der Waals surface area contributed by atoms with Crippen molar-refractivity contribution in [3.05, 3.63) is 34.4 Å². The number of benzene rings is 1. The van der Waals surface area contributed by atoms with E-state index >= 15 is 0 Å². The highest BCUT2D eigenvalue weighted by atomic mass is 16.1. The summed E-state index contributed by atoms with van der Waals surface area (Å²) in [6, 6.07) is 3.45. The number of nitrogens with two attached hydrogens (primary N) is 2. The lowest BCUT2D eigenvalue weighted by molar-refractivity contribution is 0.0986. The van der Waals surface area contributed by atoms with E-state index in [1.807, 2.05) is 0 Å². The molecule has 1 rings (SSSR count). The Morgan fingerprint density at radius 2 is 0.542 bits per heavy atom. The van der Waals surface area contributed by atoms with Gasteiger partial charge < -0.3 is 11.5 Å². The Morgan fingerprint density at radius 1 is 0.354 bits per heavy atom. The summed E-state index contributed by atoms with van der Waals surface area (Å²) in [5, 5.41) is 0. The predicted molar refractivity (Wildman–Crippen MR) is 210 cm³/mol. The molecule has 278 valence electrons. The number of primary amides is 2. The third-order valence-corrected chi connectivity index (χ3v) is 10.5. The number of carbonyl (C=O) groups is 2.